The van der Waals surface area contributed by atoms with E-state index in [0.29, 0.717) is 12.1 Å². The molecule has 0 spiro atoms. The number of nitrogens with one attached hydrogen (secondary N) is 2. The van der Waals surface area contributed by atoms with Crippen LogP contribution in [0.1, 0.15) is 28.8 Å². The van der Waals surface area contributed by atoms with Crippen LogP contribution in [0, 0.1) is 13.8 Å². The predicted octanol–water partition coefficient (Wildman–Crippen LogP) is 2.44. The van der Waals surface area contributed by atoms with Gasteiger partial charge in [-0.15, -0.1) is 0 Å². The van der Waals surface area contributed by atoms with Gasteiger partial charge in [-0.25, -0.2) is 4.79 Å². The molecule has 0 saturated heterocycles. The van der Waals surface area contributed by atoms with E-state index in [1.165, 1.54) is 0 Å². The number of urea groups is 1. The summed E-state index contributed by atoms with van der Waals surface area (Å²) >= 11 is 0. The van der Waals surface area contributed by atoms with Crippen LogP contribution in [0.4, 0.5) is 4.79 Å². The van der Waals surface area contributed by atoms with Crippen molar-refractivity contribution in [3.05, 3.63) is 53.0 Å². The fraction of sp³-hybridized carbons (Fsp3) is 0.353. The maximum Gasteiger partial charge on any atom is 0.315 e. The van der Waals surface area contributed by atoms with E-state index in [1.54, 1.807) is 31.4 Å². The molecule has 6 heteroatoms. The van der Waals surface area contributed by atoms with E-state index in [2.05, 4.69) is 10.6 Å². The second-order valence-electron chi connectivity index (χ2n) is 5.29. The molecule has 0 aliphatic heterocycles. The number of amides is 2. The third-order valence-corrected chi connectivity index (χ3v) is 3.54. The molecule has 0 bridgehead atoms. The first-order valence-corrected chi connectivity index (χ1v) is 7.39. The van der Waals surface area contributed by atoms with Crippen LogP contribution in [-0.2, 0) is 6.54 Å². The Morgan fingerprint density at radius 1 is 1.26 bits per heavy atom. The van der Waals surface area contributed by atoms with Crippen molar-refractivity contribution in [3.8, 4) is 5.75 Å². The third-order valence-electron chi connectivity index (χ3n) is 3.54. The maximum absolute atomic E-state index is 11.8. The van der Waals surface area contributed by atoms with Crippen LogP contribution in [0.2, 0.25) is 0 Å². The normalized spacial score (nSPS) is 11.8. The fourth-order valence-corrected chi connectivity index (χ4v) is 2.23. The number of aliphatic hydroxyl groups excluding tert-OH is 1. The zero-order chi connectivity index (χ0) is 16.8. The lowest BCUT2D eigenvalue weighted by atomic mass is 10.1. The third kappa shape index (κ3) is 4.75. The number of furan rings is 1. The number of ether oxygens (including phenoxy) is 1. The summed E-state index contributed by atoms with van der Waals surface area (Å²) in [4.78, 5) is 11.8. The summed E-state index contributed by atoms with van der Waals surface area (Å²) in [7, 11) is 1.58. The first-order valence-electron chi connectivity index (χ1n) is 7.39. The second kappa shape index (κ2) is 7.69. The van der Waals surface area contributed by atoms with Gasteiger partial charge in [0.25, 0.3) is 0 Å². The smallest absolute Gasteiger partial charge is 0.315 e. The number of aryl methyl sites for hydroxylation is 2. The number of hydrogen-bond acceptors (Lipinski definition) is 4. The summed E-state index contributed by atoms with van der Waals surface area (Å²) < 4.78 is 10.5. The lowest BCUT2D eigenvalue weighted by molar-refractivity contribution is 0.173. The molecule has 3 N–H and O–H groups in total. The Kier molecular flexibility index (Phi) is 5.65. The van der Waals surface area contributed by atoms with Crippen molar-refractivity contribution < 1.29 is 19.1 Å². The molecule has 124 valence electrons. The molecule has 2 rings (SSSR count). The number of hydrogen-bond donors (Lipinski definition) is 3. The molecule has 2 aromatic rings. The van der Waals surface area contributed by atoms with Gasteiger partial charge in [-0.3, -0.25) is 0 Å². The van der Waals surface area contributed by atoms with Crippen LogP contribution in [0.3, 0.4) is 0 Å². The lowest BCUT2D eigenvalue weighted by Gasteiger charge is -2.13. The number of benzene rings is 1. The van der Waals surface area contributed by atoms with Crippen LogP contribution in [0.5, 0.6) is 5.75 Å². The van der Waals surface area contributed by atoms with Crippen molar-refractivity contribution in [2.75, 3.05) is 13.7 Å². The Morgan fingerprint density at radius 3 is 2.52 bits per heavy atom. The monoisotopic (exact) mass is 318 g/mol. The summed E-state index contributed by atoms with van der Waals surface area (Å²) in [5, 5.41) is 15.4. The minimum Gasteiger partial charge on any atom is -0.497 e. The molecule has 0 fully saturated rings. The van der Waals surface area contributed by atoms with Gasteiger partial charge in [0.05, 0.1) is 13.2 Å². The van der Waals surface area contributed by atoms with Crippen molar-refractivity contribution in [2.45, 2.75) is 26.5 Å². The number of rotatable bonds is 6. The van der Waals surface area contributed by atoms with Gasteiger partial charge < -0.3 is 24.9 Å². The van der Waals surface area contributed by atoms with Crippen LogP contribution in [-0.4, -0.2) is 24.8 Å². The highest BCUT2D eigenvalue weighted by atomic mass is 16.5. The van der Waals surface area contributed by atoms with Gasteiger partial charge in [-0.05, 0) is 37.6 Å². The van der Waals surface area contributed by atoms with E-state index in [4.69, 9.17) is 9.15 Å². The highest BCUT2D eigenvalue weighted by Crippen LogP contribution is 2.17. The summed E-state index contributed by atoms with van der Waals surface area (Å²) in [5.74, 6) is 2.33. The van der Waals surface area contributed by atoms with Gasteiger partial charge in [-0.2, -0.15) is 0 Å². The number of methoxy groups -OCH3 is 1. The number of carbonyl (C=O) groups excluding carboxylic acids is 1. The SMILES string of the molecule is COc1ccc(C(O)CNC(=O)NCc2cc(C)oc2C)cc1. The molecule has 2 amide bonds. The Labute approximate surface area is 135 Å². The van der Waals surface area contributed by atoms with Gasteiger partial charge in [0, 0.05) is 18.7 Å². The molecule has 0 aliphatic rings. The minimum atomic E-state index is -0.774. The predicted molar refractivity (Wildman–Crippen MR) is 86.4 cm³/mol. The van der Waals surface area contributed by atoms with Crippen molar-refractivity contribution in [1.82, 2.24) is 10.6 Å². The van der Waals surface area contributed by atoms with Crippen molar-refractivity contribution >= 4 is 6.03 Å². The molecular weight excluding hydrogens is 296 g/mol. The van der Waals surface area contributed by atoms with Crippen molar-refractivity contribution in [3.63, 3.8) is 0 Å². The average molecular weight is 318 g/mol. The zero-order valence-corrected chi connectivity index (χ0v) is 13.6. The lowest BCUT2D eigenvalue weighted by Crippen LogP contribution is -2.37. The first-order chi connectivity index (χ1) is 11.0. The maximum atomic E-state index is 11.8. The molecule has 1 atom stereocenters. The highest BCUT2D eigenvalue weighted by molar-refractivity contribution is 5.73. The van der Waals surface area contributed by atoms with Crippen LogP contribution in [0.15, 0.2) is 34.7 Å². The average Bonchev–Trinajstić information content (AvgIpc) is 2.88. The van der Waals surface area contributed by atoms with Crippen molar-refractivity contribution in [2.24, 2.45) is 0 Å². The molecule has 1 unspecified atom stereocenters. The summed E-state index contributed by atoms with van der Waals surface area (Å²) in [6.07, 6.45) is -0.774. The van der Waals surface area contributed by atoms with Gasteiger partial charge >= 0.3 is 6.03 Å². The van der Waals surface area contributed by atoms with E-state index < -0.39 is 6.10 Å². The molecule has 1 aromatic heterocycles. The summed E-state index contributed by atoms with van der Waals surface area (Å²) in [6, 6.07) is 8.62. The molecule has 23 heavy (non-hydrogen) atoms. The largest absolute Gasteiger partial charge is 0.497 e. The molecule has 1 aromatic carbocycles. The standard InChI is InChI=1S/C17H22N2O4/c1-11-8-14(12(2)23-11)9-18-17(21)19-10-16(20)13-4-6-15(22-3)7-5-13/h4-8,16,20H,9-10H2,1-3H3,(H2,18,19,21). The number of aliphatic hydroxyl groups is 1. The second-order valence-corrected chi connectivity index (χ2v) is 5.29. The zero-order valence-electron chi connectivity index (χ0n) is 13.6. The highest BCUT2D eigenvalue weighted by Gasteiger charge is 2.10. The Hall–Kier alpha value is -2.47. The summed E-state index contributed by atoms with van der Waals surface area (Å²) in [5.41, 5.74) is 1.65. The Balaban J connectivity index is 1.78. The van der Waals surface area contributed by atoms with Gasteiger partial charge in [-0.1, -0.05) is 12.1 Å². The first kappa shape index (κ1) is 16.9. The van der Waals surface area contributed by atoms with Gasteiger partial charge in [0.1, 0.15) is 17.3 Å². The molecule has 0 radical (unpaired) electrons. The van der Waals surface area contributed by atoms with Gasteiger partial charge in [0.15, 0.2) is 0 Å². The topological polar surface area (TPSA) is 83.7 Å². The van der Waals surface area contributed by atoms with Crippen LogP contribution in [0.25, 0.3) is 0 Å². The van der Waals surface area contributed by atoms with Crippen molar-refractivity contribution in [1.29, 1.82) is 0 Å². The molecule has 6 nitrogen and oxygen atoms in total. The number of carbonyl (C=O) groups is 1. The molecule has 1 heterocycles. The molecule has 0 saturated carbocycles. The van der Waals surface area contributed by atoms with E-state index in [0.717, 1.165) is 22.8 Å². The van der Waals surface area contributed by atoms with E-state index in [1.807, 2.05) is 19.9 Å². The minimum absolute atomic E-state index is 0.127. The summed E-state index contributed by atoms with van der Waals surface area (Å²) in [6.45, 7) is 4.23. The van der Waals surface area contributed by atoms with Crippen LogP contribution < -0.4 is 15.4 Å². The van der Waals surface area contributed by atoms with Gasteiger partial charge in [0.2, 0.25) is 0 Å². The Morgan fingerprint density at radius 2 is 1.96 bits per heavy atom. The van der Waals surface area contributed by atoms with Crippen LogP contribution >= 0.6 is 0 Å². The molecular formula is C17H22N2O4. The van der Waals surface area contributed by atoms with E-state index in [-0.39, 0.29) is 12.6 Å². The molecule has 0 aliphatic carbocycles. The quantitative estimate of drug-likeness (QED) is 0.764. The fourth-order valence-electron chi connectivity index (χ4n) is 2.23. The van der Waals surface area contributed by atoms with E-state index in [9.17, 15) is 9.90 Å². The Bertz CT molecular complexity index is 649. The van der Waals surface area contributed by atoms with E-state index >= 15 is 0 Å².